The van der Waals surface area contributed by atoms with E-state index in [2.05, 4.69) is 240 Å². The van der Waals surface area contributed by atoms with E-state index in [1.54, 1.807) is 0 Å². The molecule has 3 aromatic heterocycles. The van der Waals surface area contributed by atoms with Crippen molar-refractivity contribution in [1.82, 2.24) is 19.9 Å². The topological polar surface area (TPSA) is 57.4 Å². The fourth-order valence-electron chi connectivity index (χ4n) is 9.72. The lowest BCUT2D eigenvalue weighted by molar-refractivity contribution is -0.884. The highest BCUT2D eigenvalue weighted by molar-refractivity contribution is 5.99. The predicted octanol–water partition coefficient (Wildman–Crippen LogP) is 12.1. The summed E-state index contributed by atoms with van der Waals surface area (Å²) in [5.41, 5.74) is 21.4. The molecule has 8 heteroatoms. The van der Waals surface area contributed by atoms with Crippen molar-refractivity contribution in [3.05, 3.63) is 166 Å². The number of rotatable bonds is 12. The Balaban J connectivity index is 1.36. The van der Waals surface area contributed by atoms with Crippen LogP contribution in [0.5, 0.6) is 0 Å². The highest BCUT2D eigenvalue weighted by Crippen LogP contribution is 2.39. The van der Waals surface area contributed by atoms with Gasteiger partial charge in [0.2, 0.25) is 0 Å². The van der Waals surface area contributed by atoms with Gasteiger partial charge < -0.3 is 27.9 Å². The number of benzene rings is 4. The van der Waals surface area contributed by atoms with Gasteiger partial charge in [0.1, 0.15) is 26.2 Å². The van der Waals surface area contributed by atoms with Crippen molar-refractivity contribution in [1.29, 1.82) is 0 Å². The summed E-state index contributed by atoms with van der Waals surface area (Å²) in [5.74, 6) is 0. The normalized spacial score (nSPS) is 13.1. The summed E-state index contributed by atoms with van der Waals surface area (Å²) in [5, 5.41) is 0. The van der Waals surface area contributed by atoms with Crippen LogP contribution in [0.1, 0.15) is 45.0 Å². The molecule has 2 aliphatic rings. The number of hydrogen-bond donors (Lipinski definition) is 2. The minimum atomic E-state index is 0.855. The number of quaternary nitrogens is 4. The third-order valence-electron chi connectivity index (χ3n) is 12.4. The summed E-state index contributed by atoms with van der Waals surface area (Å²) in [7, 11) is 26.8. The number of nitrogens with zero attached hydrogens (tertiary/aromatic N) is 6. The number of hydrogen-bond acceptors (Lipinski definition) is 2. The Morgan fingerprint density at radius 1 is 0.279 bits per heavy atom. The fraction of sp³-hybridized carbons (Fsp3) is 0.267. The van der Waals surface area contributed by atoms with Crippen LogP contribution in [0, 0.1) is 0 Å². The number of nitrogens with one attached hydrogen (secondary N) is 2. The molecule has 0 spiro atoms. The molecule has 0 amide bonds. The van der Waals surface area contributed by atoms with E-state index in [1.165, 1.54) is 22.3 Å². The van der Waals surface area contributed by atoms with E-state index in [1.807, 2.05) is 0 Å². The highest BCUT2D eigenvalue weighted by atomic mass is 15.3. The van der Waals surface area contributed by atoms with Gasteiger partial charge in [-0.15, -0.1) is 0 Å². The van der Waals surface area contributed by atoms with E-state index < -0.39 is 0 Å². The smallest absolute Gasteiger partial charge is 0.104 e. The zero-order chi connectivity index (χ0) is 48.2. The minimum absolute atomic E-state index is 0.855. The molecule has 68 heavy (non-hydrogen) atoms. The van der Waals surface area contributed by atoms with Gasteiger partial charge in [0.25, 0.3) is 0 Å². The Kier molecular flexibility index (Phi) is 12.1. The fourth-order valence-corrected chi connectivity index (χ4v) is 9.72. The van der Waals surface area contributed by atoms with Crippen LogP contribution in [0.3, 0.4) is 0 Å². The first-order valence-corrected chi connectivity index (χ1v) is 23.9. The zero-order valence-corrected chi connectivity index (χ0v) is 42.4. The summed E-state index contributed by atoms with van der Waals surface area (Å²) in [4.78, 5) is 19.1. The third kappa shape index (κ3) is 10.7. The Labute approximate surface area is 404 Å². The molecular formula is C60H70N8+4. The van der Waals surface area contributed by atoms with Crippen LogP contribution in [0.2, 0.25) is 0 Å². The monoisotopic (exact) mass is 903 g/mol. The minimum Gasteiger partial charge on any atom is -0.354 e. The Morgan fingerprint density at radius 2 is 0.471 bits per heavy atom. The van der Waals surface area contributed by atoms with Gasteiger partial charge in [-0.3, -0.25) is 0 Å². The molecule has 2 aliphatic heterocycles. The van der Waals surface area contributed by atoms with Crippen LogP contribution in [-0.4, -0.2) is 122 Å². The molecule has 0 atom stereocenters. The molecule has 7 aromatic rings. The average molecular weight is 903 g/mol. The van der Waals surface area contributed by atoms with Crippen molar-refractivity contribution in [3.63, 3.8) is 0 Å². The number of fused-ring (bicyclic) bond motifs is 8. The molecule has 0 aliphatic carbocycles. The molecule has 0 saturated carbocycles. The van der Waals surface area contributed by atoms with Crippen LogP contribution in [0.15, 0.2) is 121 Å². The summed E-state index contributed by atoms with van der Waals surface area (Å²) in [6, 6.07) is 45.1. The maximum absolute atomic E-state index is 5.58. The lowest BCUT2D eigenvalue weighted by Crippen LogP contribution is -2.33. The van der Waals surface area contributed by atoms with Crippen molar-refractivity contribution in [2.24, 2.45) is 0 Å². The van der Waals surface area contributed by atoms with E-state index in [-0.39, 0.29) is 0 Å². The lowest BCUT2D eigenvalue weighted by atomic mass is 10.0. The quantitative estimate of drug-likeness (QED) is 0.120. The molecule has 0 saturated heterocycles. The first-order valence-electron chi connectivity index (χ1n) is 23.9. The van der Waals surface area contributed by atoms with Gasteiger partial charge in [-0.25, -0.2) is 9.97 Å². The molecule has 8 nitrogen and oxygen atoms in total. The molecule has 2 N–H and O–H groups in total. The average Bonchev–Trinajstić information content (AvgIpc) is 4.09. The van der Waals surface area contributed by atoms with Crippen LogP contribution in [-0.2, 0) is 26.2 Å². The second kappa shape index (κ2) is 17.8. The SMILES string of the molecule is C[N+](C)(C)Cc1ccc(-c2c3nc(c(-c4ccc(C[N+](C)(C)C)cc4)c4ccc([nH]4)c(-c4ccc(C[N+](C)(C)C)cc4)c4nc(c(-c5ccc(C[N+](C)(C)C)cc5)c5ccc2[nH]5)C=C4)C=C3)cc1. The van der Waals surface area contributed by atoms with Crippen LogP contribution in [0.25, 0.3) is 90.9 Å². The lowest BCUT2D eigenvalue weighted by Gasteiger charge is -2.24. The molecule has 4 aromatic carbocycles. The molecule has 0 radical (unpaired) electrons. The highest BCUT2D eigenvalue weighted by Gasteiger charge is 2.21. The number of aromatic nitrogens is 4. The van der Waals surface area contributed by atoms with E-state index >= 15 is 0 Å². The van der Waals surface area contributed by atoms with E-state index in [0.717, 1.165) is 133 Å². The van der Waals surface area contributed by atoms with Crippen molar-refractivity contribution in [2.75, 3.05) is 84.6 Å². The molecule has 9 rings (SSSR count). The summed E-state index contributed by atoms with van der Waals surface area (Å²) >= 11 is 0. The summed E-state index contributed by atoms with van der Waals surface area (Å²) in [6.07, 6.45) is 8.76. The van der Waals surface area contributed by atoms with Crippen LogP contribution >= 0.6 is 0 Å². The number of aromatic amines is 2. The first-order chi connectivity index (χ1) is 32.1. The molecule has 346 valence electrons. The molecular weight excluding hydrogens is 833 g/mol. The van der Waals surface area contributed by atoms with Crippen molar-refractivity contribution in [2.45, 2.75) is 26.2 Å². The largest absolute Gasteiger partial charge is 0.354 e. The van der Waals surface area contributed by atoms with Gasteiger partial charge in [-0.05, 0) is 70.8 Å². The maximum atomic E-state index is 5.58. The molecule has 0 fully saturated rings. The standard InChI is InChI=1S/C60H70N8/c1-65(2,3)37-41-13-21-45(22-14-41)57-49-29-31-51(61-49)58(46-23-15-42(16-24-46)38-66(4,5)6)53-33-35-55(63-53)60(48-27-19-44(20-28-48)40-68(10,11)12)56-36-34-54(64-56)59(52-32-30-50(57)62-52)47-25-17-43(18-26-47)39-67(7,8)9/h13-36,61,64H,37-40H2,1-12H3/q+4. The van der Waals surface area contributed by atoms with E-state index in [0.29, 0.717) is 0 Å². The van der Waals surface area contributed by atoms with Crippen LogP contribution in [0.4, 0.5) is 0 Å². The first kappa shape index (κ1) is 46.4. The Morgan fingerprint density at radius 3 is 0.647 bits per heavy atom. The van der Waals surface area contributed by atoms with Gasteiger partial charge in [-0.1, -0.05) is 97.1 Å². The molecule has 0 unspecified atom stereocenters. The van der Waals surface area contributed by atoms with Crippen molar-refractivity contribution in [3.8, 4) is 44.5 Å². The van der Waals surface area contributed by atoms with Gasteiger partial charge in [0.15, 0.2) is 0 Å². The second-order valence-electron chi connectivity index (χ2n) is 23.1. The third-order valence-corrected chi connectivity index (χ3v) is 12.4. The van der Waals surface area contributed by atoms with Crippen LogP contribution < -0.4 is 0 Å². The van der Waals surface area contributed by atoms with Crippen molar-refractivity contribution >= 4 is 46.4 Å². The second-order valence-corrected chi connectivity index (χ2v) is 23.1. The van der Waals surface area contributed by atoms with Gasteiger partial charge >= 0.3 is 0 Å². The Bertz CT molecular complexity index is 2780. The predicted molar refractivity (Wildman–Crippen MR) is 288 cm³/mol. The maximum Gasteiger partial charge on any atom is 0.104 e. The van der Waals surface area contributed by atoms with Gasteiger partial charge in [0.05, 0.1) is 107 Å². The van der Waals surface area contributed by atoms with E-state index in [4.69, 9.17) is 9.97 Å². The van der Waals surface area contributed by atoms with Crippen molar-refractivity contribution < 1.29 is 17.9 Å². The molecule has 5 heterocycles. The summed E-state index contributed by atoms with van der Waals surface area (Å²) < 4.78 is 3.42. The summed E-state index contributed by atoms with van der Waals surface area (Å²) in [6.45, 7) is 3.75. The van der Waals surface area contributed by atoms with E-state index in [9.17, 15) is 0 Å². The Hall–Kier alpha value is -6.68. The molecule has 8 bridgehead atoms. The number of H-pyrrole nitrogens is 2. The van der Waals surface area contributed by atoms with Gasteiger partial charge in [0, 0.05) is 66.6 Å². The van der Waals surface area contributed by atoms with Gasteiger partial charge in [-0.2, -0.15) is 0 Å². The zero-order valence-electron chi connectivity index (χ0n) is 42.4.